The Morgan fingerprint density at radius 3 is 2.56 bits per heavy atom. The minimum atomic E-state index is -0.0924. The third kappa shape index (κ3) is 2.15. The van der Waals surface area contributed by atoms with Gasteiger partial charge in [-0.25, -0.2) is 4.98 Å². The topological polar surface area (TPSA) is 38.9 Å². The average Bonchev–Trinajstić information content (AvgIpc) is 2.71. The molecule has 3 heteroatoms. The van der Waals surface area contributed by atoms with E-state index in [-0.39, 0.29) is 6.04 Å². The number of aromatic nitrogens is 1. The van der Waals surface area contributed by atoms with Crippen LogP contribution >= 0.6 is 11.3 Å². The molecule has 16 heavy (non-hydrogen) atoms. The van der Waals surface area contributed by atoms with E-state index in [2.05, 4.69) is 18.8 Å². The van der Waals surface area contributed by atoms with Gasteiger partial charge in [0, 0.05) is 4.88 Å². The maximum atomic E-state index is 6.20. The Bertz CT molecular complexity index is 462. The standard InChI is InChI=1S/C13H16N2S/c1-3-11-9(2)16-13(15-11)12(14)10-7-5-4-6-8-10/h4-8,12H,3,14H2,1-2H3. The maximum absolute atomic E-state index is 6.20. The van der Waals surface area contributed by atoms with Gasteiger partial charge in [-0.15, -0.1) is 11.3 Å². The molecule has 0 bridgehead atoms. The van der Waals surface area contributed by atoms with Crippen molar-refractivity contribution in [3.8, 4) is 0 Å². The van der Waals surface area contributed by atoms with Crippen molar-refractivity contribution in [3.63, 3.8) is 0 Å². The van der Waals surface area contributed by atoms with Gasteiger partial charge < -0.3 is 5.73 Å². The third-order valence-electron chi connectivity index (χ3n) is 2.67. The van der Waals surface area contributed by atoms with Crippen molar-refractivity contribution in [1.82, 2.24) is 4.98 Å². The number of aryl methyl sites for hydroxylation is 2. The second-order valence-electron chi connectivity index (χ2n) is 3.80. The highest BCUT2D eigenvalue weighted by molar-refractivity contribution is 7.11. The van der Waals surface area contributed by atoms with Crippen LogP contribution in [0.1, 0.15) is 34.1 Å². The van der Waals surface area contributed by atoms with Crippen molar-refractivity contribution in [3.05, 3.63) is 51.5 Å². The number of nitrogens with two attached hydrogens (primary N) is 1. The lowest BCUT2D eigenvalue weighted by Crippen LogP contribution is -2.11. The summed E-state index contributed by atoms with van der Waals surface area (Å²) in [6.07, 6.45) is 0.976. The summed E-state index contributed by atoms with van der Waals surface area (Å²) >= 11 is 1.71. The van der Waals surface area contributed by atoms with Gasteiger partial charge >= 0.3 is 0 Å². The van der Waals surface area contributed by atoms with Crippen molar-refractivity contribution in [1.29, 1.82) is 0 Å². The van der Waals surface area contributed by atoms with Gasteiger partial charge in [0.25, 0.3) is 0 Å². The first-order valence-corrected chi connectivity index (χ1v) is 6.30. The molecule has 0 amide bonds. The predicted octanol–water partition coefficient (Wildman–Crippen LogP) is 3.06. The third-order valence-corrected chi connectivity index (χ3v) is 3.77. The van der Waals surface area contributed by atoms with E-state index in [1.54, 1.807) is 11.3 Å². The van der Waals surface area contributed by atoms with Crippen LogP contribution < -0.4 is 5.73 Å². The minimum absolute atomic E-state index is 0.0924. The summed E-state index contributed by atoms with van der Waals surface area (Å²) in [7, 11) is 0. The van der Waals surface area contributed by atoms with E-state index in [1.165, 1.54) is 10.6 Å². The molecule has 84 valence electrons. The number of rotatable bonds is 3. The first-order valence-electron chi connectivity index (χ1n) is 5.49. The van der Waals surface area contributed by atoms with Gasteiger partial charge in [-0.3, -0.25) is 0 Å². The highest BCUT2D eigenvalue weighted by Crippen LogP contribution is 2.26. The number of thiazole rings is 1. The molecule has 0 saturated carbocycles. The average molecular weight is 232 g/mol. The molecular weight excluding hydrogens is 216 g/mol. The zero-order chi connectivity index (χ0) is 11.5. The van der Waals surface area contributed by atoms with Crippen LogP contribution in [0, 0.1) is 6.92 Å². The molecule has 0 aliphatic heterocycles. The van der Waals surface area contributed by atoms with Crippen LogP contribution in [0.5, 0.6) is 0 Å². The Hall–Kier alpha value is -1.19. The Morgan fingerprint density at radius 1 is 1.31 bits per heavy atom. The molecule has 1 heterocycles. The zero-order valence-electron chi connectivity index (χ0n) is 9.60. The summed E-state index contributed by atoms with van der Waals surface area (Å²) in [4.78, 5) is 5.88. The Labute approximate surface area is 100 Å². The normalized spacial score (nSPS) is 12.7. The Morgan fingerprint density at radius 2 is 2.00 bits per heavy atom. The van der Waals surface area contributed by atoms with Crippen LogP contribution in [0.25, 0.3) is 0 Å². The zero-order valence-corrected chi connectivity index (χ0v) is 10.4. The van der Waals surface area contributed by atoms with Crippen molar-refractivity contribution in [2.24, 2.45) is 5.73 Å². The molecule has 2 rings (SSSR count). The first kappa shape index (κ1) is 11.3. The highest BCUT2D eigenvalue weighted by Gasteiger charge is 2.14. The smallest absolute Gasteiger partial charge is 0.114 e. The summed E-state index contributed by atoms with van der Waals surface area (Å²) in [5, 5.41) is 1.01. The van der Waals surface area contributed by atoms with Crippen molar-refractivity contribution in [2.75, 3.05) is 0 Å². The molecule has 2 nitrogen and oxygen atoms in total. The van der Waals surface area contributed by atoms with Crippen molar-refractivity contribution in [2.45, 2.75) is 26.3 Å². The highest BCUT2D eigenvalue weighted by atomic mass is 32.1. The lowest BCUT2D eigenvalue weighted by atomic mass is 10.1. The van der Waals surface area contributed by atoms with Gasteiger partial charge in [0.05, 0.1) is 11.7 Å². The van der Waals surface area contributed by atoms with Crippen LogP contribution in [0.2, 0.25) is 0 Å². The number of hydrogen-bond donors (Lipinski definition) is 1. The van der Waals surface area contributed by atoms with Gasteiger partial charge in [0.1, 0.15) is 5.01 Å². The fraction of sp³-hybridized carbons (Fsp3) is 0.308. The summed E-state index contributed by atoms with van der Waals surface area (Å²) < 4.78 is 0. The quantitative estimate of drug-likeness (QED) is 0.883. The van der Waals surface area contributed by atoms with E-state index < -0.39 is 0 Å². The lowest BCUT2D eigenvalue weighted by Gasteiger charge is -2.07. The monoisotopic (exact) mass is 232 g/mol. The number of hydrogen-bond acceptors (Lipinski definition) is 3. The van der Waals surface area contributed by atoms with Crippen LogP contribution in [0.3, 0.4) is 0 Å². The van der Waals surface area contributed by atoms with Gasteiger partial charge in [-0.2, -0.15) is 0 Å². The summed E-state index contributed by atoms with van der Waals surface area (Å²) in [5.74, 6) is 0. The summed E-state index contributed by atoms with van der Waals surface area (Å²) in [6.45, 7) is 4.23. The van der Waals surface area contributed by atoms with Gasteiger partial charge in [0.2, 0.25) is 0 Å². The van der Waals surface area contributed by atoms with Crippen LogP contribution in [-0.2, 0) is 6.42 Å². The Balaban J connectivity index is 2.31. The van der Waals surface area contributed by atoms with Crippen LogP contribution in [0.4, 0.5) is 0 Å². The Kier molecular flexibility index (Phi) is 3.36. The first-order chi connectivity index (χ1) is 7.72. The van der Waals surface area contributed by atoms with E-state index in [0.717, 1.165) is 17.0 Å². The van der Waals surface area contributed by atoms with Crippen molar-refractivity contribution < 1.29 is 0 Å². The van der Waals surface area contributed by atoms with E-state index in [1.807, 2.05) is 30.3 Å². The molecule has 1 aromatic carbocycles. The predicted molar refractivity (Wildman–Crippen MR) is 68.7 cm³/mol. The number of benzene rings is 1. The molecular formula is C13H16N2S. The molecule has 1 aromatic heterocycles. The molecule has 0 saturated heterocycles. The SMILES string of the molecule is CCc1nc(C(N)c2ccccc2)sc1C. The minimum Gasteiger partial charge on any atom is -0.318 e. The molecule has 1 unspecified atom stereocenters. The second-order valence-corrected chi connectivity index (χ2v) is 5.03. The van der Waals surface area contributed by atoms with Gasteiger partial charge in [-0.05, 0) is 18.9 Å². The maximum Gasteiger partial charge on any atom is 0.114 e. The van der Waals surface area contributed by atoms with E-state index in [4.69, 9.17) is 5.73 Å². The fourth-order valence-electron chi connectivity index (χ4n) is 1.71. The van der Waals surface area contributed by atoms with Gasteiger partial charge in [0.15, 0.2) is 0 Å². The molecule has 1 atom stereocenters. The molecule has 2 aromatic rings. The van der Waals surface area contributed by atoms with Crippen LogP contribution in [-0.4, -0.2) is 4.98 Å². The molecule has 0 radical (unpaired) electrons. The molecule has 0 aliphatic rings. The van der Waals surface area contributed by atoms with Gasteiger partial charge in [-0.1, -0.05) is 37.3 Å². The fourth-order valence-corrected chi connectivity index (χ4v) is 2.75. The van der Waals surface area contributed by atoms with E-state index >= 15 is 0 Å². The molecule has 0 fully saturated rings. The number of nitrogens with zero attached hydrogens (tertiary/aromatic N) is 1. The molecule has 0 aliphatic carbocycles. The largest absolute Gasteiger partial charge is 0.318 e. The summed E-state index contributed by atoms with van der Waals surface area (Å²) in [5.41, 5.74) is 8.50. The van der Waals surface area contributed by atoms with E-state index in [9.17, 15) is 0 Å². The second kappa shape index (κ2) is 4.76. The molecule has 2 N–H and O–H groups in total. The molecule has 0 spiro atoms. The summed E-state index contributed by atoms with van der Waals surface area (Å²) in [6, 6.07) is 10.0. The van der Waals surface area contributed by atoms with E-state index in [0.29, 0.717) is 0 Å². The van der Waals surface area contributed by atoms with Crippen molar-refractivity contribution >= 4 is 11.3 Å². The lowest BCUT2D eigenvalue weighted by molar-refractivity contribution is 0.844. The van der Waals surface area contributed by atoms with Crippen LogP contribution in [0.15, 0.2) is 30.3 Å².